The lowest BCUT2D eigenvalue weighted by Crippen LogP contribution is -2.49. The van der Waals surface area contributed by atoms with Crippen LogP contribution in [0, 0.1) is 18.6 Å². The van der Waals surface area contributed by atoms with Crippen LogP contribution in [0.5, 0.6) is 0 Å². The molecule has 1 saturated heterocycles. The van der Waals surface area contributed by atoms with Crippen molar-refractivity contribution in [1.82, 2.24) is 39.3 Å². The average molecular weight is 736 g/mol. The molecule has 1 aromatic carbocycles. The zero-order valence-corrected chi connectivity index (χ0v) is 28.5. The van der Waals surface area contributed by atoms with Crippen LogP contribution in [0.2, 0.25) is 0 Å². The number of carboxylic acid groups (broad SMARTS) is 1. The molecule has 254 valence electrons. The van der Waals surface area contributed by atoms with Crippen LogP contribution in [-0.4, -0.2) is 89.0 Å². The Morgan fingerprint density at radius 3 is 2.45 bits per heavy atom. The van der Waals surface area contributed by atoms with Crippen molar-refractivity contribution in [3.63, 3.8) is 0 Å². The van der Waals surface area contributed by atoms with Crippen LogP contribution in [-0.2, 0) is 11.3 Å². The van der Waals surface area contributed by atoms with Gasteiger partial charge in [0, 0.05) is 50.5 Å². The third-order valence-corrected chi connectivity index (χ3v) is 8.60. The molecule has 0 saturated carbocycles. The predicted molar refractivity (Wildman–Crippen MR) is 183 cm³/mol. The first-order chi connectivity index (χ1) is 23.5. The summed E-state index contributed by atoms with van der Waals surface area (Å²) >= 11 is 3.22. The summed E-state index contributed by atoms with van der Waals surface area (Å²) in [6.07, 6.45) is 2.76. The number of nitrogens with one attached hydrogen (secondary N) is 2. The number of aromatic carboxylic acids is 1. The summed E-state index contributed by atoms with van der Waals surface area (Å²) in [5.41, 5.74) is 1.94. The van der Waals surface area contributed by atoms with Gasteiger partial charge in [0.25, 0.3) is 0 Å². The summed E-state index contributed by atoms with van der Waals surface area (Å²) in [5, 5.41) is 15.2. The largest absolute Gasteiger partial charge is 0.478 e. The minimum atomic E-state index is -1.13. The van der Waals surface area contributed by atoms with Crippen molar-refractivity contribution in [2.75, 3.05) is 43.4 Å². The number of rotatable bonds is 10. The maximum absolute atomic E-state index is 15.1. The summed E-state index contributed by atoms with van der Waals surface area (Å²) in [6.45, 7) is 8.63. The van der Waals surface area contributed by atoms with Gasteiger partial charge in [-0.3, -0.25) is 9.69 Å². The number of aromatic nitrogens is 6. The fourth-order valence-electron chi connectivity index (χ4n) is 5.82. The molecule has 5 aromatic rings. The Hall–Kier alpha value is -5.09. The number of piperazine rings is 1. The second kappa shape index (κ2) is 14.2. The summed E-state index contributed by atoms with van der Waals surface area (Å²) < 4.78 is 32.3. The van der Waals surface area contributed by atoms with Crippen molar-refractivity contribution in [2.45, 2.75) is 33.4 Å². The van der Waals surface area contributed by atoms with Crippen LogP contribution in [0.15, 0.2) is 53.4 Å². The number of pyridine rings is 2. The van der Waals surface area contributed by atoms with E-state index in [1.807, 2.05) is 24.5 Å². The van der Waals surface area contributed by atoms with Gasteiger partial charge in [-0.05, 0) is 72.6 Å². The molecule has 0 unspecified atom stereocenters. The molecule has 1 aliphatic heterocycles. The fourth-order valence-corrected chi connectivity index (χ4v) is 6.13. The monoisotopic (exact) mass is 734 g/mol. The number of aryl methyl sites for hydroxylation is 1. The molecule has 0 bridgehead atoms. The third kappa shape index (κ3) is 7.49. The van der Waals surface area contributed by atoms with Crippen LogP contribution in [0.1, 0.15) is 41.6 Å². The molecule has 3 N–H and O–H groups in total. The zero-order chi connectivity index (χ0) is 34.8. The van der Waals surface area contributed by atoms with E-state index in [-0.39, 0.29) is 52.6 Å². The highest BCUT2D eigenvalue weighted by molar-refractivity contribution is 9.10. The number of fused-ring (bicyclic) bond motifs is 1. The van der Waals surface area contributed by atoms with Crippen LogP contribution in [0.25, 0.3) is 22.3 Å². The molecule has 0 spiro atoms. The third-order valence-electron chi connectivity index (χ3n) is 8.15. The number of benzene rings is 1. The Morgan fingerprint density at radius 1 is 0.980 bits per heavy atom. The van der Waals surface area contributed by atoms with Crippen LogP contribution < -0.4 is 10.6 Å². The SMILES string of the molecule is Cc1nc2c(F)cc(-c3nc(Nc4ccc(CN5CCN(C(=O)CNc6nc(Br)ccc6C(=O)O)CC5)cn4)ncc3F)cc2n1C(C)C. The van der Waals surface area contributed by atoms with Crippen LogP contribution >= 0.6 is 15.9 Å². The Kier molecular flexibility index (Phi) is 9.78. The lowest BCUT2D eigenvalue weighted by molar-refractivity contribution is -0.131. The molecular formula is C33H33BrF2N10O3. The first kappa shape index (κ1) is 33.8. The van der Waals surface area contributed by atoms with Crippen molar-refractivity contribution >= 4 is 56.4 Å². The smallest absolute Gasteiger partial charge is 0.339 e. The van der Waals surface area contributed by atoms with Gasteiger partial charge in [0.05, 0.1) is 18.3 Å². The molecule has 4 aromatic heterocycles. The Morgan fingerprint density at radius 2 is 1.76 bits per heavy atom. The average Bonchev–Trinajstić information content (AvgIpc) is 3.42. The molecule has 1 aliphatic rings. The van der Waals surface area contributed by atoms with Crippen LogP contribution in [0.4, 0.5) is 26.4 Å². The van der Waals surface area contributed by atoms with E-state index in [1.165, 1.54) is 18.2 Å². The van der Waals surface area contributed by atoms with E-state index in [0.717, 1.165) is 11.8 Å². The highest BCUT2D eigenvalue weighted by atomic mass is 79.9. The van der Waals surface area contributed by atoms with Gasteiger partial charge in [0.15, 0.2) is 11.6 Å². The number of anilines is 3. The molecule has 13 nitrogen and oxygen atoms in total. The lowest BCUT2D eigenvalue weighted by Gasteiger charge is -2.34. The van der Waals surface area contributed by atoms with Crippen molar-refractivity contribution in [1.29, 1.82) is 0 Å². The number of carbonyl (C=O) groups is 2. The topological polar surface area (TPSA) is 154 Å². The minimum Gasteiger partial charge on any atom is -0.478 e. The molecule has 0 aliphatic carbocycles. The van der Waals surface area contributed by atoms with E-state index >= 15 is 4.39 Å². The number of hydrogen-bond acceptors (Lipinski definition) is 10. The number of carbonyl (C=O) groups excluding carboxylic acids is 1. The predicted octanol–water partition coefficient (Wildman–Crippen LogP) is 5.41. The second-order valence-electron chi connectivity index (χ2n) is 11.9. The van der Waals surface area contributed by atoms with E-state index in [2.05, 4.69) is 56.4 Å². The van der Waals surface area contributed by atoms with Gasteiger partial charge in [-0.25, -0.2) is 38.5 Å². The van der Waals surface area contributed by atoms with E-state index in [9.17, 15) is 19.1 Å². The highest BCUT2D eigenvalue weighted by Crippen LogP contribution is 2.30. The summed E-state index contributed by atoms with van der Waals surface area (Å²) in [6, 6.07) is 9.57. The van der Waals surface area contributed by atoms with E-state index in [4.69, 9.17) is 0 Å². The van der Waals surface area contributed by atoms with E-state index in [0.29, 0.717) is 54.5 Å². The molecule has 16 heteroatoms. The Labute approximate surface area is 288 Å². The molecule has 0 radical (unpaired) electrons. The van der Waals surface area contributed by atoms with Gasteiger partial charge >= 0.3 is 5.97 Å². The molecule has 49 heavy (non-hydrogen) atoms. The zero-order valence-electron chi connectivity index (χ0n) is 26.9. The van der Waals surface area contributed by atoms with E-state index < -0.39 is 17.6 Å². The number of halogens is 3. The number of nitrogens with zero attached hydrogens (tertiary/aromatic N) is 8. The first-order valence-electron chi connectivity index (χ1n) is 15.5. The number of amides is 1. The normalized spacial score (nSPS) is 13.7. The maximum Gasteiger partial charge on any atom is 0.339 e. The highest BCUT2D eigenvalue weighted by Gasteiger charge is 2.23. The molecule has 5 heterocycles. The summed E-state index contributed by atoms with van der Waals surface area (Å²) in [7, 11) is 0. The first-order valence-corrected chi connectivity index (χ1v) is 16.3. The molecular weight excluding hydrogens is 702 g/mol. The number of carboxylic acids is 1. The standard InChI is InChI=1S/C33H33BrF2N10O3/c1-18(2)46-19(3)40-30-23(35)12-21(13-25(30)46)29-24(36)15-39-33(43-29)42-27-7-4-20(14-37-27)17-44-8-10-45(11-9-44)28(47)16-38-31-22(32(48)49)5-6-26(34)41-31/h4-7,12-15,18H,8-11,16-17H2,1-3H3,(H,38,41)(H,48,49)(H,37,39,42,43). The molecule has 1 amide bonds. The lowest BCUT2D eigenvalue weighted by atomic mass is 10.1. The maximum atomic E-state index is 15.1. The number of hydrogen-bond donors (Lipinski definition) is 3. The second-order valence-corrected chi connectivity index (χ2v) is 12.7. The number of imidazole rings is 1. The van der Waals surface area contributed by atoms with Crippen molar-refractivity contribution in [2.24, 2.45) is 0 Å². The summed E-state index contributed by atoms with van der Waals surface area (Å²) in [4.78, 5) is 49.6. The molecule has 6 rings (SSSR count). The van der Waals surface area contributed by atoms with Gasteiger partial charge in [-0.15, -0.1) is 0 Å². The quantitative estimate of drug-likeness (QED) is 0.158. The molecule has 1 fully saturated rings. The Bertz CT molecular complexity index is 2030. The Balaban J connectivity index is 1.05. The van der Waals surface area contributed by atoms with Gasteiger partial charge < -0.3 is 25.2 Å². The molecule has 0 atom stereocenters. The van der Waals surface area contributed by atoms with Gasteiger partial charge in [0.1, 0.15) is 38.8 Å². The van der Waals surface area contributed by atoms with Gasteiger partial charge in [-0.2, -0.15) is 0 Å². The van der Waals surface area contributed by atoms with Gasteiger partial charge in [-0.1, -0.05) is 6.07 Å². The van der Waals surface area contributed by atoms with E-state index in [1.54, 1.807) is 30.2 Å². The van der Waals surface area contributed by atoms with Crippen LogP contribution in [0.3, 0.4) is 0 Å². The van der Waals surface area contributed by atoms with Crippen molar-refractivity contribution in [3.05, 3.63) is 82.0 Å². The minimum absolute atomic E-state index is 0.0126. The summed E-state index contributed by atoms with van der Waals surface area (Å²) in [5.74, 6) is -1.18. The van der Waals surface area contributed by atoms with Crippen molar-refractivity contribution < 1.29 is 23.5 Å². The van der Waals surface area contributed by atoms with Crippen molar-refractivity contribution in [3.8, 4) is 11.3 Å². The van der Waals surface area contributed by atoms with Gasteiger partial charge in [0.2, 0.25) is 11.9 Å². The fraction of sp³-hybridized carbons (Fsp3) is 0.303.